The number of hydrogen-bond acceptors (Lipinski definition) is 3. The third-order valence-corrected chi connectivity index (χ3v) is 17.3. The van der Waals surface area contributed by atoms with Crippen molar-refractivity contribution in [2.24, 2.45) is 0 Å². The Hall–Kier alpha value is -3.23. The Morgan fingerprint density at radius 1 is 0.439 bits per heavy atom. The lowest BCUT2D eigenvalue weighted by Crippen LogP contribution is -2.96. The van der Waals surface area contributed by atoms with Crippen LogP contribution < -0.4 is 0 Å². The van der Waals surface area contributed by atoms with Crippen LogP contribution in [0.5, 0.6) is 0 Å². The minimum atomic E-state index is -3.56. The van der Waals surface area contributed by atoms with E-state index in [1.165, 1.54) is 0 Å². The van der Waals surface area contributed by atoms with Crippen LogP contribution in [0.1, 0.15) is 72.6 Å². The van der Waals surface area contributed by atoms with E-state index in [0.29, 0.717) is 56.0 Å². The number of benzene rings is 3. The van der Waals surface area contributed by atoms with Crippen LogP contribution in [0.25, 0.3) is 0 Å². The smallest absolute Gasteiger partial charge is 0.227 e. The molecule has 3 aromatic carbocycles. The Balaban J connectivity index is 2.57. The van der Waals surface area contributed by atoms with Crippen molar-refractivity contribution in [3.05, 3.63) is 108 Å². The Bertz CT molecular complexity index is 1150. The van der Waals surface area contributed by atoms with Gasteiger partial charge in [0.1, 0.15) is 6.55 Å². The first-order chi connectivity index (χ1) is 19.7. The average molecular weight is 575 g/mol. The molecule has 0 saturated carbocycles. The highest BCUT2D eigenvalue weighted by Gasteiger charge is 2.88. The van der Waals surface area contributed by atoms with Crippen LogP contribution in [0.4, 0.5) is 0 Å². The van der Waals surface area contributed by atoms with E-state index < -0.39 is 8.56 Å². The van der Waals surface area contributed by atoms with Gasteiger partial charge in [-0.2, -0.15) is 0 Å². The van der Waals surface area contributed by atoms with Crippen molar-refractivity contribution >= 4 is 26.3 Å². The molecule has 218 valence electrons. The minimum Gasteiger partial charge on any atom is -0.227 e. The van der Waals surface area contributed by atoms with Gasteiger partial charge < -0.3 is 0 Å². The van der Waals surface area contributed by atoms with Crippen LogP contribution in [0.2, 0.25) is 6.55 Å². The largest absolute Gasteiger partial charge is 0.784 e. The summed E-state index contributed by atoms with van der Waals surface area (Å²) < 4.78 is 0.243. The van der Waals surface area contributed by atoms with Crippen molar-refractivity contribution in [1.29, 1.82) is 0 Å². The van der Waals surface area contributed by atoms with Crippen LogP contribution in [-0.2, 0) is 0 Å². The molecule has 0 N–H and O–H groups in total. The Kier molecular flexibility index (Phi) is 10.4. The quantitative estimate of drug-likeness (QED) is 0.228. The Labute approximate surface area is 247 Å². The third-order valence-electron chi connectivity index (χ3n) is 9.90. The lowest BCUT2D eigenvalue weighted by Gasteiger charge is -2.57. The van der Waals surface area contributed by atoms with Crippen molar-refractivity contribution < 1.29 is 26.8 Å². The van der Waals surface area contributed by atoms with Crippen molar-refractivity contribution in [2.75, 3.05) is 39.3 Å². The molecule has 3 aromatic rings. The summed E-state index contributed by atoms with van der Waals surface area (Å²) in [6.45, 7) is 17.4. The molecule has 0 aromatic heterocycles. The molecule has 3 rings (SSSR count). The summed E-state index contributed by atoms with van der Waals surface area (Å²) in [5.41, 5.74) is 1.85. The van der Waals surface area contributed by atoms with E-state index in [-0.39, 0.29) is 30.2 Å². The molecule has 3 amide bonds. The maximum absolute atomic E-state index is 15.0. The number of nitrogens with zero attached hydrogens (tertiary/aromatic N) is 3. The van der Waals surface area contributed by atoms with Crippen molar-refractivity contribution in [3.8, 4) is 0 Å². The van der Waals surface area contributed by atoms with Crippen LogP contribution in [0, 0.1) is 0 Å². The van der Waals surface area contributed by atoms with Gasteiger partial charge in [-0.05, 0) is 77.9 Å². The van der Waals surface area contributed by atoms with Gasteiger partial charge in [-0.1, -0.05) is 54.6 Å². The van der Waals surface area contributed by atoms with Crippen molar-refractivity contribution in [1.82, 2.24) is 0 Å². The third kappa shape index (κ3) is 4.85. The SMILES string of the molecule is CC[N+](CC)(C(=O)c1ccccc1)[Si](C)([N+](CC)(CC)C(=O)c1ccccc1)[N+](CC)(CC)C(=O)c1ccccc1. The van der Waals surface area contributed by atoms with E-state index in [0.717, 1.165) is 0 Å². The van der Waals surface area contributed by atoms with Crippen molar-refractivity contribution in [3.63, 3.8) is 0 Å². The van der Waals surface area contributed by atoms with Gasteiger partial charge in [0.15, 0.2) is 0 Å². The number of rotatable bonds is 12. The highest BCUT2D eigenvalue weighted by atomic mass is 28.4. The zero-order chi connectivity index (χ0) is 30.3. The fraction of sp³-hybridized carbons (Fsp3) is 0.382. The van der Waals surface area contributed by atoms with Crippen LogP contribution in [-0.4, -0.2) is 78.0 Å². The minimum absolute atomic E-state index is 0.0136. The number of carbonyl (C=O) groups is 3. The molecule has 0 fully saturated rings. The molecule has 7 heteroatoms. The summed E-state index contributed by atoms with van der Waals surface area (Å²) in [5.74, 6) is -0.0409. The number of carbonyl (C=O) groups excluding carboxylic acids is 3. The first kappa shape index (κ1) is 32.3. The standard InChI is InChI=1S/C34H48N3O3Si/c1-8-35(9-2,32(38)29-23-17-14-18-24-29)41(7,36(10-3,11-4)33(39)30-25-19-15-20-26-30)37(12-5,13-6)34(40)31-27-21-16-22-28-31/h14-28H,8-13H2,1-7H3/q+3. The molecular weight excluding hydrogens is 526 g/mol. The Morgan fingerprint density at radius 3 is 0.805 bits per heavy atom. The normalized spacial score (nSPS) is 12.7. The van der Waals surface area contributed by atoms with E-state index in [1.807, 2.05) is 91.0 Å². The van der Waals surface area contributed by atoms with Crippen molar-refractivity contribution in [2.45, 2.75) is 48.1 Å². The molecule has 41 heavy (non-hydrogen) atoms. The first-order valence-electron chi connectivity index (χ1n) is 15.1. The average Bonchev–Trinajstić information content (AvgIpc) is 3.04. The van der Waals surface area contributed by atoms with E-state index in [9.17, 15) is 0 Å². The molecule has 0 aliphatic carbocycles. The maximum atomic E-state index is 15.0. The molecule has 0 saturated heterocycles. The first-order valence-corrected chi connectivity index (χ1v) is 17.4. The highest BCUT2D eigenvalue weighted by Crippen LogP contribution is 2.43. The molecule has 0 aliphatic heterocycles. The Morgan fingerprint density at radius 2 is 0.634 bits per heavy atom. The second-order valence-corrected chi connectivity index (χ2v) is 15.3. The summed E-state index contributed by atoms with van der Waals surface area (Å²) in [7, 11) is -3.56. The van der Waals surface area contributed by atoms with Gasteiger partial charge in [-0.3, -0.25) is 0 Å². The zero-order valence-corrected chi connectivity index (χ0v) is 27.0. The van der Waals surface area contributed by atoms with Gasteiger partial charge in [0.2, 0.25) is 0 Å². The van der Waals surface area contributed by atoms with E-state index in [4.69, 9.17) is 0 Å². The highest BCUT2D eigenvalue weighted by molar-refractivity contribution is 6.62. The molecule has 0 unspecified atom stereocenters. The summed E-state index contributed by atoms with van der Waals surface area (Å²) in [4.78, 5) is 45.0. The number of amides is 3. The topological polar surface area (TPSA) is 51.2 Å². The molecule has 0 bridgehead atoms. The second-order valence-electron chi connectivity index (χ2n) is 10.8. The van der Waals surface area contributed by atoms with E-state index >= 15 is 14.4 Å². The lowest BCUT2D eigenvalue weighted by molar-refractivity contribution is -0.972. The molecule has 0 aliphatic rings. The maximum Gasteiger partial charge on any atom is 0.784 e. The second kappa shape index (κ2) is 13.2. The summed E-state index contributed by atoms with van der Waals surface area (Å²) in [6.07, 6.45) is 0. The van der Waals surface area contributed by atoms with Gasteiger partial charge in [0.05, 0.1) is 56.0 Å². The van der Waals surface area contributed by atoms with E-state index in [2.05, 4.69) is 48.1 Å². The summed E-state index contributed by atoms with van der Waals surface area (Å²) in [6, 6.07) is 28.3. The van der Waals surface area contributed by atoms with E-state index in [1.54, 1.807) is 0 Å². The fourth-order valence-electron chi connectivity index (χ4n) is 7.49. The van der Waals surface area contributed by atoms with Gasteiger partial charge in [-0.15, -0.1) is 0 Å². The molecule has 6 nitrogen and oxygen atoms in total. The lowest BCUT2D eigenvalue weighted by atomic mass is 10.2. The summed E-state index contributed by atoms with van der Waals surface area (Å²) in [5, 5.41) is 0. The van der Waals surface area contributed by atoms with Gasteiger partial charge >= 0.3 is 26.3 Å². The molecule has 0 heterocycles. The van der Waals surface area contributed by atoms with Crippen LogP contribution in [0.3, 0.4) is 0 Å². The molecule has 0 atom stereocenters. The molecular formula is C34H48N3O3Si+3. The molecule has 0 radical (unpaired) electrons. The van der Waals surface area contributed by atoms with Crippen LogP contribution >= 0.6 is 0 Å². The van der Waals surface area contributed by atoms with Gasteiger partial charge in [0.25, 0.3) is 0 Å². The van der Waals surface area contributed by atoms with Gasteiger partial charge in [0, 0.05) is 0 Å². The summed E-state index contributed by atoms with van der Waals surface area (Å²) >= 11 is 0. The molecule has 0 spiro atoms. The van der Waals surface area contributed by atoms with Gasteiger partial charge in [-0.25, -0.2) is 26.8 Å². The number of hydrogen-bond donors (Lipinski definition) is 0. The predicted molar refractivity (Wildman–Crippen MR) is 168 cm³/mol. The number of quaternary nitrogens is 3. The fourth-order valence-corrected chi connectivity index (χ4v) is 14.8. The monoisotopic (exact) mass is 574 g/mol. The zero-order valence-electron chi connectivity index (χ0n) is 26.0. The predicted octanol–water partition coefficient (Wildman–Crippen LogP) is 6.65. The van der Waals surface area contributed by atoms with Crippen LogP contribution in [0.15, 0.2) is 91.0 Å².